The zero-order valence-corrected chi connectivity index (χ0v) is 9.86. The molecule has 2 fully saturated rings. The van der Waals surface area contributed by atoms with Crippen LogP contribution in [0.2, 0.25) is 0 Å². The lowest BCUT2D eigenvalue weighted by Gasteiger charge is -2.30. The maximum Gasteiger partial charge on any atom is 0.0586 e. The molecule has 2 aliphatic rings. The van der Waals surface area contributed by atoms with Crippen LogP contribution in [0, 0.1) is 0 Å². The third-order valence-electron chi connectivity index (χ3n) is 4.06. The molecule has 2 heterocycles. The fourth-order valence-electron chi connectivity index (χ4n) is 3.13. The Balaban J connectivity index is 1.84. The van der Waals surface area contributed by atoms with Crippen molar-refractivity contribution in [2.75, 3.05) is 32.8 Å². The van der Waals surface area contributed by atoms with Crippen molar-refractivity contribution in [3.05, 3.63) is 0 Å². The maximum atomic E-state index is 9.28. The van der Waals surface area contributed by atoms with E-state index in [0.29, 0.717) is 12.6 Å². The summed E-state index contributed by atoms with van der Waals surface area (Å²) in [6, 6.07) is 1.20. The molecule has 2 rings (SSSR count). The number of aliphatic hydroxyl groups is 1. The minimum absolute atomic E-state index is 0.346. The van der Waals surface area contributed by atoms with Gasteiger partial charge in [-0.15, -0.1) is 0 Å². The van der Waals surface area contributed by atoms with Crippen molar-refractivity contribution in [3.8, 4) is 0 Å². The van der Waals surface area contributed by atoms with Gasteiger partial charge in [0.25, 0.3) is 0 Å². The highest BCUT2D eigenvalue weighted by Crippen LogP contribution is 2.22. The Bertz CT molecular complexity index is 178. The summed E-state index contributed by atoms with van der Waals surface area (Å²) in [5.41, 5.74) is 0. The van der Waals surface area contributed by atoms with Crippen molar-refractivity contribution < 1.29 is 5.11 Å². The summed E-state index contributed by atoms with van der Waals surface area (Å²) in [5, 5.41) is 9.28. The molecule has 88 valence electrons. The number of nitrogens with zero attached hydrogens (tertiary/aromatic N) is 2. The number of aliphatic hydroxyl groups excluding tert-OH is 1. The van der Waals surface area contributed by atoms with Crippen LogP contribution in [-0.4, -0.2) is 59.8 Å². The van der Waals surface area contributed by atoms with Crippen LogP contribution in [0.4, 0.5) is 0 Å². The number of rotatable bonds is 4. The second-order valence-corrected chi connectivity index (χ2v) is 4.90. The Morgan fingerprint density at radius 1 is 1.07 bits per heavy atom. The minimum atomic E-state index is 0.346. The van der Waals surface area contributed by atoms with Crippen molar-refractivity contribution in [1.29, 1.82) is 0 Å². The molecule has 15 heavy (non-hydrogen) atoms. The zero-order chi connectivity index (χ0) is 10.7. The van der Waals surface area contributed by atoms with E-state index in [1.165, 1.54) is 51.9 Å². The lowest BCUT2D eigenvalue weighted by Crippen LogP contribution is -2.43. The van der Waals surface area contributed by atoms with E-state index in [4.69, 9.17) is 0 Å². The van der Waals surface area contributed by atoms with Crippen LogP contribution < -0.4 is 0 Å². The molecule has 0 spiro atoms. The Morgan fingerprint density at radius 3 is 2.40 bits per heavy atom. The average molecular weight is 212 g/mol. The van der Waals surface area contributed by atoms with Gasteiger partial charge >= 0.3 is 0 Å². The van der Waals surface area contributed by atoms with E-state index >= 15 is 0 Å². The molecular weight excluding hydrogens is 188 g/mol. The lowest BCUT2D eigenvalue weighted by molar-refractivity contribution is 0.124. The van der Waals surface area contributed by atoms with Gasteiger partial charge in [-0.3, -0.25) is 9.80 Å². The molecule has 2 aliphatic heterocycles. The van der Waals surface area contributed by atoms with E-state index in [0.717, 1.165) is 6.04 Å². The van der Waals surface area contributed by atoms with E-state index in [2.05, 4.69) is 16.7 Å². The molecule has 0 radical (unpaired) electrons. The van der Waals surface area contributed by atoms with E-state index in [9.17, 15) is 5.11 Å². The highest BCUT2D eigenvalue weighted by atomic mass is 16.3. The minimum Gasteiger partial charge on any atom is -0.395 e. The zero-order valence-electron chi connectivity index (χ0n) is 9.86. The van der Waals surface area contributed by atoms with Crippen LogP contribution in [0.25, 0.3) is 0 Å². The normalized spacial score (nSPS) is 34.0. The van der Waals surface area contributed by atoms with Gasteiger partial charge in [-0.2, -0.15) is 0 Å². The van der Waals surface area contributed by atoms with Gasteiger partial charge in [-0.1, -0.05) is 6.92 Å². The molecule has 1 N–H and O–H groups in total. The molecule has 2 unspecified atom stereocenters. The van der Waals surface area contributed by atoms with Crippen molar-refractivity contribution in [1.82, 2.24) is 9.80 Å². The molecule has 0 aliphatic carbocycles. The van der Waals surface area contributed by atoms with Crippen LogP contribution in [0.15, 0.2) is 0 Å². The summed E-state index contributed by atoms with van der Waals surface area (Å²) >= 11 is 0. The van der Waals surface area contributed by atoms with Crippen LogP contribution in [-0.2, 0) is 0 Å². The first kappa shape index (κ1) is 11.4. The van der Waals surface area contributed by atoms with Gasteiger partial charge in [0.05, 0.1) is 6.61 Å². The Labute approximate surface area is 93.1 Å². The second-order valence-electron chi connectivity index (χ2n) is 4.90. The third kappa shape index (κ3) is 2.52. The Hall–Kier alpha value is -0.120. The molecule has 0 aromatic heterocycles. The SMILES string of the molecule is CCN1CCCC1CN1CCCC1CO. The van der Waals surface area contributed by atoms with E-state index in [1.807, 2.05) is 0 Å². The third-order valence-corrected chi connectivity index (χ3v) is 4.06. The van der Waals surface area contributed by atoms with Gasteiger partial charge in [-0.05, 0) is 45.3 Å². The van der Waals surface area contributed by atoms with Gasteiger partial charge in [0.1, 0.15) is 0 Å². The quantitative estimate of drug-likeness (QED) is 0.751. The molecule has 0 bridgehead atoms. The molecule has 0 saturated carbocycles. The molecule has 3 heteroatoms. The van der Waals surface area contributed by atoms with E-state index in [-0.39, 0.29) is 0 Å². The van der Waals surface area contributed by atoms with Gasteiger partial charge in [0.2, 0.25) is 0 Å². The first-order chi connectivity index (χ1) is 7.35. The van der Waals surface area contributed by atoms with Crippen LogP contribution in [0.5, 0.6) is 0 Å². The van der Waals surface area contributed by atoms with Crippen molar-refractivity contribution >= 4 is 0 Å². The highest BCUT2D eigenvalue weighted by Gasteiger charge is 2.30. The topological polar surface area (TPSA) is 26.7 Å². The van der Waals surface area contributed by atoms with Gasteiger partial charge in [0, 0.05) is 18.6 Å². The summed E-state index contributed by atoms with van der Waals surface area (Å²) in [5.74, 6) is 0. The molecule has 3 nitrogen and oxygen atoms in total. The van der Waals surface area contributed by atoms with E-state index < -0.39 is 0 Å². The summed E-state index contributed by atoms with van der Waals surface area (Å²) < 4.78 is 0. The number of likely N-dealkylation sites (tertiary alicyclic amines) is 2. The molecule has 0 aromatic rings. The summed E-state index contributed by atoms with van der Waals surface area (Å²) in [6.07, 6.45) is 5.16. The Kier molecular flexibility index (Phi) is 4.00. The number of hydrogen-bond donors (Lipinski definition) is 1. The van der Waals surface area contributed by atoms with Crippen molar-refractivity contribution in [3.63, 3.8) is 0 Å². The molecular formula is C12H24N2O. The monoisotopic (exact) mass is 212 g/mol. The predicted octanol–water partition coefficient (Wildman–Crippen LogP) is 0.927. The van der Waals surface area contributed by atoms with Crippen molar-refractivity contribution in [2.45, 2.75) is 44.7 Å². The second kappa shape index (κ2) is 5.28. The van der Waals surface area contributed by atoms with Crippen LogP contribution in [0.1, 0.15) is 32.6 Å². The Morgan fingerprint density at radius 2 is 1.73 bits per heavy atom. The van der Waals surface area contributed by atoms with Gasteiger partial charge < -0.3 is 5.11 Å². The first-order valence-corrected chi connectivity index (χ1v) is 6.44. The van der Waals surface area contributed by atoms with Crippen LogP contribution >= 0.6 is 0 Å². The molecule has 2 atom stereocenters. The molecule has 2 saturated heterocycles. The average Bonchev–Trinajstić information content (AvgIpc) is 2.87. The van der Waals surface area contributed by atoms with Gasteiger partial charge in [-0.25, -0.2) is 0 Å². The smallest absolute Gasteiger partial charge is 0.0586 e. The van der Waals surface area contributed by atoms with Crippen LogP contribution in [0.3, 0.4) is 0 Å². The first-order valence-electron chi connectivity index (χ1n) is 6.44. The number of likely N-dealkylation sites (N-methyl/N-ethyl adjacent to an activating group) is 1. The predicted molar refractivity (Wildman–Crippen MR) is 61.9 cm³/mol. The maximum absolute atomic E-state index is 9.28. The molecule has 0 amide bonds. The highest BCUT2D eigenvalue weighted by molar-refractivity contribution is 4.86. The van der Waals surface area contributed by atoms with Gasteiger partial charge in [0.15, 0.2) is 0 Å². The fraction of sp³-hybridized carbons (Fsp3) is 1.00. The summed E-state index contributed by atoms with van der Waals surface area (Å²) in [6.45, 7) is 7.43. The summed E-state index contributed by atoms with van der Waals surface area (Å²) in [7, 11) is 0. The van der Waals surface area contributed by atoms with Crippen molar-refractivity contribution in [2.24, 2.45) is 0 Å². The summed E-state index contributed by atoms with van der Waals surface area (Å²) in [4.78, 5) is 5.09. The largest absolute Gasteiger partial charge is 0.395 e. The van der Waals surface area contributed by atoms with E-state index in [1.54, 1.807) is 0 Å². The molecule has 0 aromatic carbocycles. The standard InChI is InChI=1S/C12H24N2O/c1-2-13-7-3-5-11(13)9-14-8-4-6-12(14)10-15/h11-12,15H,2-10H2,1H3. The number of hydrogen-bond acceptors (Lipinski definition) is 3. The fourth-order valence-corrected chi connectivity index (χ4v) is 3.13. The lowest BCUT2D eigenvalue weighted by atomic mass is 10.2.